The number of aromatic nitrogens is 2. The van der Waals surface area contributed by atoms with Crippen molar-refractivity contribution in [3.05, 3.63) is 28.3 Å². The number of carboxylic acid groups (broad SMARTS) is 1. The number of pyridine rings is 1. The van der Waals surface area contributed by atoms with Crippen LogP contribution < -0.4 is 5.56 Å². The molecule has 0 aliphatic heterocycles. The number of fused-ring (bicyclic) bond motifs is 1. The minimum atomic E-state index is -1.15. The Hall–Kier alpha value is -2.11. The van der Waals surface area contributed by atoms with Gasteiger partial charge in [-0.1, -0.05) is 5.16 Å². The Labute approximate surface area is 77.4 Å². The van der Waals surface area contributed by atoms with Gasteiger partial charge in [-0.05, 0) is 0 Å². The van der Waals surface area contributed by atoms with Crippen LogP contribution >= 0.6 is 0 Å². The normalized spacial score (nSPS) is 10.6. The molecule has 1 N–H and O–H groups in total. The van der Waals surface area contributed by atoms with Gasteiger partial charge in [0.15, 0.2) is 5.58 Å². The van der Waals surface area contributed by atoms with E-state index in [0.29, 0.717) is 0 Å². The van der Waals surface area contributed by atoms with Gasteiger partial charge >= 0.3 is 5.97 Å². The van der Waals surface area contributed by atoms with E-state index in [2.05, 4.69) is 5.16 Å². The van der Waals surface area contributed by atoms with Crippen molar-refractivity contribution in [3.8, 4) is 0 Å². The van der Waals surface area contributed by atoms with Gasteiger partial charge in [-0.15, -0.1) is 0 Å². The highest BCUT2D eigenvalue weighted by atomic mass is 16.5. The topological polar surface area (TPSA) is 85.3 Å². The van der Waals surface area contributed by atoms with Crippen molar-refractivity contribution in [3.63, 3.8) is 0 Å². The Kier molecular flexibility index (Phi) is 1.63. The molecule has 0 aliphatic rings. The van der Waals surface area contributed by atoms with Crippen molar-refractivity contribution in [2.75, 3.05) is 0 Å². The van der Waals surface area contributed by atoms with Crippen LogP contribution in [0.2, 0.25) is 0 Å². The van der Waals surface area contributed by atoms with Crippen molar-refractivity contribution >= 4 is 16.9 Å². The molecule has 0 amide bonds. The van der Waals surface area contributed by atoms with E-state index in [-0.39, 0.29) is 22.1 Å². The molecule has 0 bridgehead atoms. The molecule has 0 saturated heterocycles. The Bertz CT molecular complexity index is 566. The molecule has 0 fully saturated rings. The Morgan fingerprint density at radius 3 is 3.00 bits per heavy atom. The van der Waals surface area contributed by atoms with Gasteiger partial charge in [0.05, 0.1) is 6.20 Å². The zero-order valence-corrected chi connectivity index (χ0v) is 7.22. The van der Waals surface area contributed by atoms with E-state index >= 15 is 0 Å². The highest BCUT2D eigenvalue weighted by molar-refractivity contribution is 5.99. The van der Waals surface area contributed by atoms with Crippen LogP contribution in [0.15, 0.2) is 21.7 Å². The van der Waals surface area contributed by atoms with Crippen LogP contribution in [0.1, 0.15) is 10.4 Å². The zero-order chi connectivity index (χ0) is 10.3. The van der Waals surface area contributed by atoms with Gasteiger partial charge in [0, 0.05) is 13.2 Å². The molecule has 0 aliphatic carbocycles. The van der Waals surface area contributed by atoms with Gasteiger partial charge in [-0.25, -0.2) is 4.79 Å². The van der Waals surface area contributed by atoms with Crippen LogP contribution in [0.3, 0.4) is 0 Å². The van der Waals surface area contributed by atoms with E-state index in [9.17, 15) is 9.59 Å². The first kappa shape index (κ1) is 8.49. The molecule has 0 radical (unpaired) electrons. The number of rotatable bonds is 1. The number of nitrogens with zero attached hydrogens (tertiary/aromatic N) is 2. The minimum absolute atomic E-state index is 0.0144. The largest absolute Gasteiger partial charge is 0.477 e. The van der Waals surface area contributed by atoms with Crippen LogP contribution in [-0.2, 0) is 7.05 Å². The molecule has 72 valence electrons. The fourth-order valence-electron chi connectivity index (χ4n) is 1.24. The summed E-state index contributed by atoms with van der Waals surface area (Å²) in [6.45, 7) is 0. The summed E-state index contributed by atoms with van der Waals surface area (Å²) in [5.41, 5.74) is -0.383. The lowest BCUT2D eigenvalue weighted by atomic mass is 10.2. The monoisotopic (exact) mass is 194 g/mol. The second-order valence-electron chi connectivity index (χ2n) is 2.83. The molecule has 2 rings (SSSR count). The third-order valence-corrected chi connectivity index (χ3v) is 1.92. The molecule has 6 heteroatoms. The van der Waals surface area contributed by atoms with E-state index in [0.717, 1.165) is 0 Å². The zero-order valence-electron chi connectivity index (χ0n) is 7.22. The van der Waals surface area contributed by atoms with Crippen molar-refractivity contribution in [1.29, 1.82) is 0 Å². The lowest BCUT2D eigenvalue weighted by Gasteiger charge is -1.99. The maximum Gasteiger partial charge on any atom is 0.341 e. The molecule has 0 saturated carbocycles. The van der Waals surface area contributed by atoms with Gasteiger partial charge in [-0.3, -0.25) is 4.79 Å². The SMILES string of the molecule is Cn1cc(C(=O)O)c2oncc2c1=O. The fourth-order valence-corrected chi connectivity index (χ4v) is 1.24. The Morgan fingerprint density at radius 1 is 1.64 bits per heavy atom. The highest BCUT2D eigenvalue weighted by Gasteiger charge is 2.16. The summed E-state index contributed by atoms with van der Waals surface area (Å²) in [4.78, 5) is 22.2. The molecular formula is C8H6N2O4. The predicted molar refractivity (Wildman–Crippen MR) is 46.2 cm³/mol. The number of aryl methyl sites for hydroxylation is 1. The molecular weight excluding hydrogens is 188 g/mol. The van der Waals surface area contributed by atoms with Crippen molar-refractivity contribution in [2.24, 2.45) is 7.05 Å². The van der Waals surface area contributed by atoms with Gasteiger partial charge < -0.3 is 14.2 Å². The lowest BCUT2D eigenvalue weighted by molar-refractivity contribution is 0.0696. The second-order valence-corrected chi connectivity index (χ2v) is 2.83. The fraction of sp³-hybridized carbons (Fsp3) is 0.125. The molecule has 0 spiro atoms. The summed E-state index contributed by atoms with van der Waals surface area (Å²) in [5.74, 6) is -1.15. The van der Waals surface area contributed by atoms with Gasteiger partial charge in [0.1, 0.15) is 10.9 Å². The number of hydrogen-bond donors (Lipinski definition) is 1. The summed E-state index contributed by atoms with van der Waals surface area (Å²) >= 11 is 0. The van der Waals surface area contributed by atoms with Crippen molar-refractivity contribution in [1.82, 2.24) is 9.72 Å². The summed E-state index contributed by atoms with van der Waals surface area (Å²) in [6, 6.07) is 0. The molecule has 14 heavy (non-hydrogen) atoms. The van der Waals surface area contributed by atoms with Crippen LogP contribution in [0.4, 0.5) is 0 Å². The average molecular weight is 194 g/mol. The molecule has 2 heterocycles. The quantitative estimate of drug-likeness (QED) is 0.702. The van der Waals surface area contributed by atoms with Crippen molar-refractivity contribution < 1.29 is 14.4 Å². The first-order chi connectivity index (χ1) is 6.61. The van der Waals surface area contributed by atoms with Crippen LogP contribution in [0.25, 0.3) is 11.0 Å². The van der Waals surface area contributed by atoms with E-state index in [1.165, 1.54) is 24.0 Å². The molecule has 0 aromatic carbocycles. The summed E-state index contributed by atoms with van der Waals surface area (Å²) in [7, 11) is 1.47. The van der Waals surface area contributed by atoms with E-state index in [4.69, 9.17) is 9.63 Å². The summed E-state index contributed by atoms with van der Waals surface area (Å²) in [5, 5.41) is 12.4. The molecule has 0 unspecified atom stereocenters. The first-order valence-corrected chi connectivity index (χ1v) is 3.78. The van der Waals surface area contributed by atoms with Crippen molar-refractivity contribution in [2.45, 2.75) is 0 Å². The Morgan fingerprint density at radius 2 is 2.36 bits per heavy atom. The average Bonchev–Trinajstić information content (AvgIpc) is 2.59. The van der Waals surface area contributed by atoms with Gasteiger partial charge in [0.2, 0.25) is 0 Å². The predicted octanol–water partition coefficient (Wildman–Crippen LogP) is 0.225. The minimum Gasteiger partial charge on any atom is -0.477 e. The second kappa shape index (κ2) is 2.69. The lowest BCUT2D eigenvalue weighted by Crippen LogP contribution is -2.17. The van der Waals surface area contributed by atoms with Crippen LogP contribution in [0.5, 0.6) is 0 Å². The van der Waals surface area contributed by atoms with Gasteiger partial charge in [-0.2, -0.15) is 0 Å². The third-order valence-electron chi connectivity index (χ3n) is 1.92. The summed E-state index contributed by atoms with van der Waals surface area (Å²) in [6.07, 6.45) is 2.42. The molecule has 6 nitrogen and oxygen atoms in total. The van der Waals surface area contributed by atoms with Gasteiger partial charge in [0.25, 0.3) is 5.56 Å². The third kappa shape index (κ3) is 1.00. The van der Waals surface area contributed by atoms with Crippen LogP contribution in [-0.4, -0.2) is 20.8 Å². The standard InChI is InChI=1S/C8H6N2O4/c1-10-3-5(8(12)13)6-4(7(10)11)2-9-14-6/h2-3H,1H3,(H,12,13). The molecule has 2 aromatic rings. The smallest absolute Gasteiger partial charge is 0.341 e. The molecule has 0 atom stereocenters. The number of hydrogen-bond acceptors (Lipinski definition) is 4. The number of carbonyl (C=O) groups is 1. The first-order valence-electron chi connectivity index (χ1n) is 3.78. The number of aromatic carboxylic acids is 1. The highest BCUT2D eigenvalue weighted by Crippen LogP contribution is 2.13. The van der Waals surface area contributed by atoms with E-state index in [1.54, 1.807) is 0 Å². The maximum atomic E-state index is 11.4. The number of carboxylic acids is 1. The Balaban J connectivity index is 2.99. The van der Waals surface area contributed by atoms with Crippen LogP contribution in [0, 0.1) is 0 Å². The molecule has 2 aromatic heterocycles. The van der Waals surface area contributed by atoms with E-state index < -0.39 is 5.97 Å². The summed E-state index contributed by atoms with van der Waals surface area (Å²) < 4.78 is 5.89. The van der Waals surface area contributed by atoms with E-state index in [1.807, 2.05) is 0 Å². The maximum absolute atomic E-state index is 11.4.